The van der Waals surface area contributed by atoms with Crippen LogP contribution in [0.4, 0.5) is 5.69 Å². The van der Waals surface area contributed by atoms with Crippen LogP contribution in [0.25, 0.3) is 23.1 Å². The number of esters is 1. The minimum Gasteiger partial charge on any atom is -0.504 e. The molecule has 0 aliphatic rings. The molecule has 9 heteroatoms. The van der Waals surface area contributed by atoms with Gasteiger partial charge in [-0.25, -0.2) is 4.98 Å². The Kier molecular flexibility index (Phi) is 5.48. The third-order valence-corrected chi connectivity index (χ3v) is 4.36. The topological polar surface area (TPSA) is 103 Å². The lowest BCUT2D eigenvalue weighted by molar-refractivity contribution is -0.385. The summed E-state index contributed by atoms with van der Waals surface area (Å²) in [6.07, 6.45) is 3.21. The highest BCUT2D eigenvalue weighted by Gasteiger charge is 2.17. The number of hydrogen-bond acceptors (Lipinski definition) is 6. The number of pyridine rings is 1. The number of ether oxygens (including phenoxy) is 1. The van der Waals surface area contributed by atoms with Gasteiger partial charge in [0.2, 0.25) is 5.75 Å². The molecule has 3 rings (SSSR count). The number of nitro groups is 1. The molecule has 0 atom stereocenters. The van der Waals surface area contributed by atoms with Crippen molar-refractivity contribution in [2.24, 2.45) is 0 Å². The van der Waals surface area contributed by atoms with E-state index in [9.17, 15) is 20.0 Å². The summed E-state index contributed by atoms with van der Waals surface area (Å²) in [5, 5.41) is 22.3. The van der Waals surface area contributed by atoms with Gasteiger partial charge in [0.15, 0.2) is 5.75 Å². The number of aromatic nitrogens is 1. The van der Waals surface area contributed by atoms with Gasteiger partial charge >= 0.3 is 11.7 Å². The van der Waals surface area contributed by atoms with Crippen LogP contribution in [0.2, 0.25) is 10.0 Å². The molecule has 0 unspecified atom stereocenters. The zero-order valence-electron chi connectivity index (χ0n) is 14.3. The number of phenols is 1. The number of hydrogen-bond donors (Lipinski definition) is 1. The van der Waals surface area contributed by atoms with E-state index >= 15 is 0 Å². The second-order valence-corrected chi connectivity index (χ2v) is 6.55. The molecule has 1 heterocycles. The summed E-state index contributed by atoms with van der Waals surface area (Å²) in [5.41, 5.74) is 0.890. The highest BCUT2D eigenvalue weighted by Crippen LogP contribution is 2.36. The molecule has 3 aromatic rings. The van der Waals surface area contributed by atoms with Crippen molar-refractivity contribution in [3.63, 3.8) is 0 Å². The van der Waals surface area contributed by atoms with E-state index < -0.39 is 10.9 Å². The van der Waals surface area contributed by atoms with E-state index in [1.54, 1.807) is 30.4 Å². The molecule has 0 aliphatic heterocycles. The van der Waals surface area contributed by atoms with Crippen LogP contribution in [0, 0.1) is 10.1 Å². The minimum atomic E-state index is -0.649. The molecular formula is C19H12Cl2N2O5. The van der Waals surface area contributed by atoms with Crippen molar-refractivity contribution in [2.75, 3.05) is 0 Å². The van der Waals surface area contributed by atoms with Gasteiger partial charge in [0.05, 0.1) is 20.7 Å². The summed E-state index contributed by atoms with van der Waals surface area (Å²) in [7, 11) is 0. The third-order valence-electron chi connectivity index (χ3n) is 3.76. The first-order valence-corrected chi connectivity index (χ1v) is 8.64. The van der Waals surface area contributed by atoms with Gasteiger partial charge in [0.25, 0.3) is 0 Å². The maximum absolute atomic E-state index is 11.2. The fourth-order valence-electron chi connectivity index (χ4n) is 2.51. The lowest BCUT2D eigenvalue weighted by Crippen LogP contribution is -2.04. The van der Waals surface area contributed by atoms with Crippen molar-refractivity contribution in [3.05, 3.63) is 67.8 Å². The smallest absolute Gasteiger partial charge is 0.312 e. The number of fused-ring (bicyclic) bond motifs is 1. The number of nitrogens with zero attached hydrogens (tertiary/aromatic N) is 2. The van der Waals surface area contributed by atoms with Crippen LogP contribution in [-0.2, 0) is 4.79 Å². The van der Waals surface area contributed by atoms with Crippen molar-refractivity contribution >= 4 is 57.9 Å². The number of nitro benzene ring substituents is 1. The van der Waals surface area contributed by atoms with Gasteiger partial charge in [-0.3, -0.25) is 14.9 Å². The maximum atomic E-state index is 11.2. The molecule has 0 radical (unpaired) electrons. The first-order chi connectivity index (χ1) is 13.3. The molecule has 0 bridgehead atoms. The van der Waals surface area contributed by atoms with Crippen molar-refractivity contribution in [1.82, 2.24) is 4.98 Å². The first-order valence-electron chi connectivity index (χ1n) is 7.89. The largest absolute Gasteiger partial charge is 0.504 e. The first kappa shape index (κ1) is 19.6. The van der Waals surface area contributed by atoms with Crippen LogP contribution in [0.5, 0.6) is 11.5 Å². The Hall–Kier alpha value is -3.16. The van der Waals surface area contributed by atoms with Crippen LogP contribution in [0.1, 0.15) is 18.2 Å². The highest BCUT2D eigenvalue weighted by molar-refractivity contribution is 6.39. The number of benzene rings is 2. The molecule has 142 valence electrons. The SMILES string of the molecule is CC(=O)Oc1ccc(/C=C/c2ccc3c(Cl)cc(Cl)c(O)c3n2)cc1[N+](=O)[O-]. The summed E-state index contributed by atoms with van der Waals surface area (Å²) in [4.78, 5) is 25.9. The van der Waals surface area contributed by atoms with Gasteiger partial charge in [-0.2, -0.15) is 0 Å². The van der Waals surface area contributed by atoms with Crippen LogP contribution >= 0.6 is 23.2 Å². The normalized spacial score (nSPS) is 11.1. The fourth-order valence-corrected chi connectivity index (χ4v) is 3.03. The van der Waals surface area contributed by atoms with Crippen molar-refractivity contribution in [2.45, 2.75) is 6.92 Å². The van der Waals surface area contributed by atoms with E-state index in [0.29, 0.717) is 21.7 Å². The molecule has 2 aromatic carbocycles. The lowest BCUT2D eigenvalue weighted by Gasteiger charge is -2.06. The zero-order valence-corrected chi connectivity index (χ0v) is 15.9. The standard InChI is InChI=1S/C19H12Cl2N2O5/c1-10(24)28-17-7-3-11(8-16(17)23(26)27)2-4-12-5-6-13-14(20)9-15(21)19(25)18(13)22-12/h2-9,25H,1H3/b4-2+. The summed E-state index contributed by atoms with van der Waals surface area (Å²) >= 11 is 12.0. The second kappa shape index (κ2) is 7.84. The predicted molar refractivity (Wildman–Crippen MR) is 107 cm³/mol. The summed E-state index contributed by atoms with van der Waals surface area (Å²) in [6, 6.07) is 8.99. The Morgan fingerprint density at radius 2 is 1.93 bits per heavy atom. The van der Waals surface area contributed by atoms with Gasteiger partial charge < -0.3 is 9.84 Å². The molecule has 1 aromatic heterocycles. The van der Waals surface area contributed by atoms with E-state index in [0.717, 1.165) is 6.92 Å². The Balaban J connectivity index is 1.97. The second-order valence-electron chi connectivity index (χ2n) is 5.73. The molecule has 0 fully saturated rings. The monoisotopic (exact) mass is 418 g/mol. The van der Waals surface area contributed by atoms with Gasteiger partial charge in [-0.05, 0) is 35.9 Å². The third kappa shape index (κ3) is 4.05. The summed E-state index contributed by atoms with van der Waals surface area (Å²) in [6.45, 7) is 1.16. The predicted octanol–water partition coefficient (Wildman–Crippen LogP) is 5.25. The average Bonchev–Trinajstić information content (AvgIpc) is 2.64. The molecule has 0 amide bonds. The van der Waals surface area contributed by atoms with E-state index in [-0.39, 0.29) is 27.7 Å². The number of carbonyl (C=O) groups excluding carboxylic acids is 1. The molecule has 0 saturated carbocycles. The Morgan fingerprint density at radius 3 is 2.61 bits per heavy atom. The summed E-state index contributed by atoms with van der Waals surface area (Å²) in [5.74, 6) is -0.964. The number of phenolic OH excluding ortho intramolecular Hbond substituents is 1. The Bertz CT molecular complexity index is 1140. The van der Waals surface area contributed by atoms with Gasteiger partial charge in [0.1, 0.15) is 5.52 Å². The molecule has 28 heavy (non-hydrogen) atoms. The van der Waals surface area contributed by atoms with Crippen LogP contribution in [0.15, 0.2) is 36.4 Å². The number of rotatable bonds is 4. The fraction of sp³-hybridized carbons (Fsp3) is 0.0526. The molecule has 7 nitrogen and oxygen atoms in total. The molecule has 0 aliphatic carbocycles. The van der Waals surface area contributed by atoms with E-state index in [1.807, 2.05) is 0 Å². The molecular weight excluding hydrogens is 407 g/mol. The Morgan fingerprint density at radius 1 is 1.18 bits per heavy atom. The van der Waals surface area contributed by atoms with Crippen LogP contribution in [-0.4, -0.2) is 21.0 Å². The number of aromatic hydroxyl groups is 1. The van der Waals surface area contributed by atoms with Crippen molar-refractivity contribution < 1.29 is 19.6 Å². The van der Waals surface area contributed by atoms with E-state index in [4.69, 9.17) is 27.9 Å². The van der Waals surface area contributed by atoms with E-state index in [2.05, 4.69) is 4.98 Å². The zero-order chi connectivity index (χ0) is 20.4. The van der Waals surface area contributed by atoms with Crippen LogP contribution in [0.3, 0.4) is 0 Å². The van der Waals surface area contributed by atoms with Gasteiger partial charge in [-0.1, -0.05) is 35.3 Å². The quantitative estimate of drug-likeness (QED) is 0.268. The van der Waals surface area contributed by atoms with E-state index in [1.165, 1.54) is 18.2 Å². The minimum absolute atomic E-state index is 0.0859. The Labute approximate surface area is 168 Å². The molecule has 0 saturated heterocycles. The van der Waals surface area contributed by atoms with Gasteiger partial charge in [0, 0.05) is 18.4 Å². The van der Waals surface area contributed by atoms with Crippen molar-refractivity contribution in [1.29, 1.82) is 0 Å². The lowest BCUT2D eigenvalue weighted by atomic mass is 10.1. The number of halogens is 2. The van der Waals surface area contributed by atoms with Crippen LogP contribution < -0.4 is 4.74 Å². The highest BCUT2D eigenvalue weighted by atomic mass is 35.5. The van der Waals surface area contributed by atoms with Gasteiger partial charge in [-0.15, -0.1) is 0 Å². The molecule has 0 spiro atoms. The molecule has 1 N–H and O–H groups in total. The maximum Gasteiger partial charge on any atom is 0.312 e. The average molecular weight is 419 g/mol. The summed E-state index contributed by atoms with van der Waals surface area (Å²) < 4.78 is 4.84. The number of carbonyl (C=O) groups is 1. The van der Waals surface area contributed by atoms with Crippen molar-refractivity contribution in [3.8, 4) is 11.5 Å².